The number of fused-ring (bicyclic) bond motifs is 5. The number of nitro benzene ring substituents is 1. The number of anilines is 2. The maximum Gasteiger partial charge on any atom is 0.269 e. The van der Waals surface area contributed by atoms with Gasteiger partial charge in [0, 0.05) is 17.8 Å². The van der Waals surface area contributed by atoms with Crippen LogP contribution in [-0.4, -0.2) is 34.6 Å². The molecule has 2 fully saturated rings. The molecule has 2 amide bonds. The minimum atomic E-state index is -0.938. The van der Waals surface area contributed by atoms with Crippen LogP contribution in [-0.2, 0) is 9.59 Å². The van der Waals surface area contributed by atoms with Gasteiger partial charge in [0.25, 0.3) is 5.69 Å². The lowest BCUT2D eigenvalue weighted by Crippen LogP contribution is -2.48. The summed E-state index contributed by atoms with van der Waals surface area (Å²) in [4.78, 5) is 54.3. The summed E-state index contributed by atoms with van der Waals surface area (Å²) in [7, 11) is 0. The molecule has 9 heteroatoms. The zero-order valence-corrected chi connectivity index (χ0v) is 17.6. The number of nitro groups is 1. The van der Waals surface area contributed by atoms with Crippen LogP contribution in [0.5, 0.6) is 0 Å². The quantitative estimate of drug-likeness (QED) is 0.256. The first-order chi connectivity index (χ1) is 16.5. The summed E-state index contributed by atoms with van der Waals surface area (Å²) in [6, 6.07) is 14.5. The molecular weight excluding hydrogens is 438 g/mol. The number of benzene rings is 2. The summed E-state index contributed by atoms with van der Waals surface area (Å²) in [6.45, 7) is 0. The van der Waals surface area contributed by atoms with E-state index in [0.29, 0.717) is 0 Å². The van der Waals surface area contributed by atoms with E-state index in [0.717, 1.165) is 16.2 Å². The van der Waals surface area contributed by atoms with Crippen molar-refractivity contribution in [1.29, 1.82) is 0 Å². The first-order valence-electron chi connectivity index (χ1n) is 10.7. The van der Waals surface area contributed by atoms with Crippen LogP contribution < -0.4 is 9.80 Å². The first-order valence-corrected chi connectivity index (χ1v) is 10.7. The number of hydrogen-bond donors (Lipinski definition) is 0. The van der Waals surface area contributed by atoms with Crippen molar-refractivity contribution < 1.29 is 23.7 Å². The normalized spacial score (nSPS) is 24.7. The van der Waals surface area contributed by atoms with Crippen molar-refractivity contribution in [3.8, 4) is 0 Å². The third-order valence-corrected chi connectivity index (χ3v) is 6.77. The van der Waals surface area contributed by atoms with Gasteiger partial charge in [-0.2, -0.15) is 0 Å². The number of furan rings is 1. The molecule has 3 aliphatic heterocycles. The number of hydrogen-bond acceptors (Lipinski definition) is 7. The molecule has 0 spiro atoms. The van der Waals surface area contributed by atoms with Gasteiger partial charge < -0.3 is 9.32 Å². The third-order valence-electron chi connectivity index (χ3n) is 6.77. The molecule has 9 nitrogen and oxygen atoms in total. The SMILES string of the molecule is O=C(c1ccco1)[C@@H]1[C@@H]2C(=O)N(c3ccc([N+](=O)[O-])cc3)C(=O)[C@@H]2[C@@H]2C=Cc3ccccc3N12. The van der Waals surface area contributed by atoms with E-state index in [1.165, 1.54) is 30.5 Å². The number of imide groups is 1. The third kappa shape index (κ3) is 2.70. The van der Waals surface area contributed by atoms with Crippen LogP contribution in [0.4, 0.5) is 17.1 Å². The second-order valence-electron chi connectivity index (χ2n) is 8.44. The van der Waals surface area contributed by atoms with Gasteiger partial charge in [-0.3, -0.25) is 24.5 Å². The Morgan fingerprint density at radius 3 is 2.38 bits per heavy atom. The number of rotatable bonds is 4. The maximum atomic E-state index is 13.7. The van der Waals surface area contributed by atoms with E-state index in [9.17, 15) is 24.5 Å². The Bertz CT molecular complexity index is 1380. The summed E-state index contributed by atoms with van der Waals surface area (Å²) in [5.41, 5.74) is 1.76. The van der Waals surface area contributed by atoms with Crippen molar-refractivity contribution in [3.63, 3.8) is 0 Å². The Morgan fingerprint density at radius 2 is 1.68 bits per heavy atom. The number of carbonyl (C=O) groups excluding carboxylic acids is 3. The molecule has 4 heterocycles. The Balaban J connectivity index is 1.46. The second-order valence-corrected chi connectivity index (χ2v) is 8.44. The Kier molecular flexibility index (Phi) is 4.28. The highest BCUT2D eigenvalue weighted by Crippen LogP contribution is 2.49. The minimum absolute atomic E-state index is 0.116. The van der Waals surface area contributed by atoms with Crippen molar-refractivity contribution in [1.82, 2.24) is 0 Å². The second kappa shape index (κ2) is 7.24. The van der Waals surface area contributed by atoms with Crippen LogP contribution >= 0.6 is 0 Å². The average molecular weight is 455 g/mol. The number of Topliss-reactive ketones (excluding diaryl/α,β-unsaturated/α-hetero) is 1. The first kappa shape index (κ1) is 20.1. The summed E-state index contributed by atoms with van der Waals surface area (Å²) in [5, 5.41) is 11.0. The number of ketones is 1. The summed E-state index contributed by atoms with van der Waals surface area (Å²) in [5.74, 6) is -2.91. The molecule has 2 aromatic carbocycles. The number of para-hydroxylation sites is 1. The van der Waals surface area contributed by atoms with Gasteiger partial charge in [-0.25, -0.2) is 4.90 Å². The van der Waals surface area contributed by atoms with Gasteiger partial charge in [-0.05, 0) is 35.9 Å². The zero-order chi connectivity index (χ0) is 23.6. The zero-order valence-electron chi connectivity index (χ0n) is 17.6. The predicted octanol–water partition coefficient (Wildman–Crippen LogP) is 3.46. The van der Waals surface area contributed by atoms with Crippen molar-refractivity contribution in [2.45, 2.75) is 12.1 Å². The molecule has 34 heavy (non-hydrogen) atoms. The molecule has 0 radical (unpaired) electrons. The van der Waals surface area contributed by atoms with Crippen molar-refractivity contribution in [2.24, 2.45) is 11.8 Å². The molecule has 0 saturated carbocycles. The van der Waals surface area contributed by atoms with Crippen LogP contribution in [0.1, 0.15) is 16.1 Å². The maximum absolute atomic E-state index is 13.7. The lowest BCUT2D eigenvalue weighted by atomic mass is 9.87. The van der Waals surface area contributed by atoms with Gasteiger partial charge >= 0.3 is 0 Å². The fourth-order valence-corrected chi connectivity index (χ4v) is 5.36. The monoisotopic (exact) mass is 455 g/mol. The number of amides is 2. The number of carbonyl (C=O) groups is 3. The van der Waals surface area contributed by atoms with Gasteiger partial charge in [0.1, 0.15) is 6.04 Å². The summed E-state index contributed by atoms with van der Waals surface area (Å²) >= 11 is 0. The highest BCUT2D eigenvalue weighted by atomic mass is 16.6. The largest absolute Gasteiger partial charge is 0.461 e. The van der Waals surface area contributed by atoms with E-state index < -0.39 is 40.7 Å². The van der Waals surface area contributed by atoms with Gasteiger partial charge in [-0.1, -0.05) is 30.4 Å². The van der Waals surface area contributed by atoms with Crippen LogP contribution in [0.25, 0.3) is 6.08 Å². The lowest BCUT2D eigenvalue weighted by Gasteiger charge is -2.36. The fraction of sp³-hybridized carbons (Fsp3) is 0.160. The highest BCUT2D eigenvalue weighted by molar-refractivity contribution is 6.25. The molecular formula is C25H17N3O6. The van der Waals surface area contributed by atoms with Gasteiger partial charge in [-0.15, -0.1) is 0 Å². The van der Waals surface area contributed by atoms with E-state index in [1.807, 2.05) is 41.3 Å². The Hall–Kier alpha value is -4.53. The molecule has 2 saturated heterocycles. The molecule has 4 atom stereocenters. The Morgan fingerprint density at radius 1 is 0.941 bits per heavy atom. The topological polar surface area (TPSA) is 114 Å². The molecule has 6 rings (SSSR count). The molecule has 0 unspecified atom stereocenters. The fourth-order valence-electron chi connectivity index (χ4n) is 5.36. The van der Waals surface area contributed by atoms with Gasteiger partial charge in [0.2, 0.25) is 17.6 Å². The Labute approximate surface area is 193 Å². The van der Waals surface area contributed by atoms with Crippen molar-refractivity contribution in [2.75, 3.05) is 9.80 Å². The van der Waals surface area contributed by atoms with E-state index >= 15 is 0 Å². The standard InChI is InChI=1S/C25H17N3O6/c29-23(19-6-3-13-34-19)22-21-20(18-12-7-14-4-1-2-5-17(14)27(18)22)24(30)26(25(21)31)15-8-10-16(11-9-15)28(32)33/h1-13,18,20-22H/t18-,20+,21+,22-/m0/s1. The number of nitrogens with zero attached hydrogens (tertiary/aromatic N) is 3. The molecule has 1 aromatic heterocycles. The molecule has 3 aromatic rings. The van der Waals surface area contributed by atoms with Crippen molar-refractivity contribution >= 4 is 40.7 Å². The van der Waals surface area contributed by atoms with Crippen LogP contribution in [0.15, 0.2) is 77.4 Å². The van der Waals surface area contributed by atoms with Crippen LogP contribution in [0.3, 0.4) is 0 Å². The van der Waals surface area contributed by atoms with Gasteiger partial charge in [0.05, 0.1) is 34.8 Å². The summed E-state index contributed by atoms with van der Waals surface area (Å²) < 4.78 is 5.37. The van der Waals surface area contributed by atoms with E-state index in [4.69, 9.17) is 4.42 Å². The number of non-ortho nitro benzene ring substituents is 1. The molecule has 0 bridgehead atoms. The molecule has 3 aliphatic rings. The lowest BCUT2D eigenvalue weighted by molar-refractivity contribution is -0.384. The van der Waals surface area contributed by atoms with E-state index in [2.05, 4.69) is 0 Å². The van der Waals surface area contributed by atoms with E-state index in [1.54, 1.807) is 12.1 Å². The van der Waals surface area contributed by atoms with Gasteiger partial charge in [0.15, 0.2) is 5.76 Å². The van der Waals surface area contributed by atoms with Crippen LogP contribution in [0.2, 0.25) is 0 Å². The predicted molar refractivity (Wildman–Crippen MR) is 121 cm³/mol. The van der Waals surface area contributed by atoms with Crippen LogP contribution in [0, 0.1) is 22.0 Å². The molecule has 0 aliphatic carbocycles. The molecule has 0 N–H and O–H groups in total. The smallest absolute Gasteiger partial charge is 0.269 e. The highest BCUT2D eigenvalue weighted by Gasteiger charge is 2.64. The van der Waals surface area contributed by atoms with E-state index in [-0.39, 0.29) is 22.9 Å². The average Bonchev–Trinajstić information content (AvgIpc) is 3.55. The molecule has 168 valence electrons. The summed E-state index contributed by atoms with van der Waals surface area (Å²) in [6.07, 6.45) is 5.16. The minimum Gasteiger partial charge on any atom is -0.461 e. The van der Waals surface area contributed by atoms with Crippen molar-refractivity contribution in [3.05, 3.63) is 94.4 Å².